The summed E-state index contributed by atoms with van der Waals surface area (Å²) in [4.78, 5) is 12.8. The molecule has 0 bridgehead atoms. The van der Waals surface area contributed by atoms with Crippen molar-refractivity contribution in [2.45, 2.75) is 6.42 Å². The molecule has 2 rings (SSSR count). The van der Waals surface area contributed by atoms with Crippen molar-refractivity contribution in [1.82, 2.24) is 0 Å². The standard InChI is InChI=1S/C9H8NO/c1-10-8-5-3-2-4-7(8)6-9(10)11/h2,4-5H,6H2,1H3. The molecule has 0 saturated heterocycles. The number of rotatable bonds is 0. The lowest BCUT2D eigenvalue weighted by atomic mass is 10.2. The van der Waals surface area contributed by atoms with Gasteiger partial charge in [-0.1, -0.05) is 12.1 Å². The molecule has 0 aromatic heterocycles. The minimum absolute atomic E-state index is 0.166. The fraction of sp³-hybridized carbons (Fsp3) is 0.222. The van der Waals surface area contributed by atoms with Gasteiger partial charge in [0.15, 0.2) is 0 Å². The molecule has 11 heavy (non-hydrogen) atoms. The maximum absolute atomic E-state index is 11.1. The van der Waals surface area contributed by atoms with E-state index < -0.39 is 0 Å². The monoisotopic (exact) mass is 146 g/mol. The van der Waals surface area contributed by atoms with Crippen LogP contribution in [0, 0.1) is 6.07 Å². The largest absolute Gasteiger partial charge is 0.315 e. The van der Waals surface area contributed by atoms with Crippen molar-refractivity contribution in [1.29, 1.82) is 0 Å². The molecule has 1 aliphatic rings. The molecular weight excluding hydrogens is 138 g/mol. The van der Waals surface area contributed by atoms with Gasteiger partial charge < -0.3 is 4.90 Å². The van der Waals surface area contributed by atoms with Crippen LogP contribution in [0.25, 0.3) is 0 Å². The van der Waals surface area contributed by atoms with Crippen LogP contribution in [-0.4, -0.2) is 13.0 Å². The third kappa shape index (κ3) is 0.827. The van der Waals surface area contributed by atoms with E-state index in [0.29, 0.717) is 6.42 Å². The van der Waals surface area contributed by atoms with Crippen LogP contribution in [0.5, 0.6) is 0 Å². The van der Waals surface area contributed by atoms with E-state index in [2.05, 4.69) is 6.07 Å². The predicted molar refractivity (Wildman–Crippen MR) is 42.4 cm³/mol. The number of hydrogen-bond donors (Lipinski definition) is 0. The van der Waals surface area contributed by atoms with Gasteiger partial charge in [0.1, 0.15) is 0 Å². The first kappa shape index (κ1) is 6.40. The molecule has 2 heteroatoms. The zero-order valence-corrected chi connectivity index (χ0v) is 6.29. The Morgan fingerprint density at radius 1 is 1.64 bits per heavy atom. The van der Waals surface area contributed by atoms with E-state index in [-0.39, 0.29) is 5.91 Å². The Balaban J connectivity index is 2.55. The number of carbonyl (C=O) groups excluding carboxylic acids is 1. The molecule has 1 aromatic carbocycles. The molecule has 1 aromatic rings. The maximum atomic E-state index is 11.1. The Morgan fingerprint density at radius 2 is 2.45 bits per heavy atom. The van der Waals surface area contributed by atoms with E-state index in [1.54, 1.807) is 11.9 Å². The number of fused-ring (bicyclic) bond motifs is 1. The second kappa shape index (κ2) is 2.09. The van der Waals surface area contributed by atoms with Crippen LogP contribution in [0.4, 0.5) is 5.69 Å². The third-order valence-corrected chi connectivity index (χ3v) is 2.01. The van der Waals surface area contributed by atoms with Gasteiger partial charge in [-0.05, 0) is 17.7 Å². The quantitative estimate of drug-likeness (QED) is 0.534. The summed E-state index contributed by atoms with van der Waals surface area (Å²) in [6.07, 6.45) is 0.542. The minimum atomic E-state index is 0.166. The minimum Gasteiger partial charge on any atom is -0.315 e. The average Bonchev–Trinajstić information content (AvgIpc) is 2.30. The normalized spacial score (nSPS) is 15.4. The van der Waals surface area contributed by atoms with Gasteiger partial charge in [0.05, 0.1) is 6.42 Å². The summed E-state index contributed by atoms with van der Waals surface area (Å²) in [6.45, 7) is 0. The summed E-state index contributed by atoms with van der Waals surface area (Å²) < 4.78 is 0. The summed E-state index contributed by atoms with van der Waals surface area (Å²) in [7, 11) is 1.79. The van der Waals surface area contributed by atoms with Crippen molar-refractivity contribution < 1.29 is 4.79 Å². The molecule has 1 heterocycles. The van der Waals surface area contributed by atoms with Crippen LogP contribution in [0.3, 0.4) is 0 Å². The Hall–Kier alpha value is -1.31. The molecule has 0 unspecified atom stereocenters. The Morgan fingerprint density at radius 3 is 3.18 bits per heavy atom. The number of likely N-dealkylation sites (N-methyl/N-ethyl adjacent to an activating group) is 1. The fourth-order valence-corrected chi connectivity index (χ4v) is 1.33. The topological polar surface area (TPSA) is 20.3 Å². The van der Waals surface area contributed by atoms with Crippen LogP contribution in [0.15, 0.2) is 18.2 Å². The number of nitrogens with zero attached hydrogens (tertiary/aromatic N) is 1. The van der Waals surface area contributed by atoms with E-state index in [0.717, 1.165) is 11.3 Å². The number of carbonyl (C=O) groups is 1. The molecule has 0 N–H and O–H groups in total. The summed E-state index contributed by atoms with van der Waals surface area (Å²) in [5.41, 5.74) is 2.11. The summed E-state index contributed by atoms with van der Waals surface area (Å²) in [5.74, 6) is 0.166. The Bertz CT molecular complexity index is 306. The first-order valence-electron chi connectivity index (χ1n) is 3.54. The van der Waals surface area contributed by atoms with E-state index in [1.807, 2.05) is 18.2 Å². The molecule has 55 valence electrons. The van der Waals surface area contributed by atoms with E-state index >= 15 is 0 Å². The molecule has 0 atom stereocenters. The Kier molecular flexibility index (Phi) is 1.22. The van der Waals surface area contributed by atoms with Gasteiger partial charge in [0, 0.05) is 12.7 Å². The van der Waals surface area contributed by atoms with Gasteiger partial charge in [-0.15, -0.1) is 0 Å². The maximum Gasteiger partial charge on any atom is 0.231 e. The third-order valence-electron chi connectivity index (χ3n) is 2.01. The van der Waals surface area contributed by atoms with Crippen LogP contribution in [0.1, 0.15) is 5.56 Å². The zero-order chi connectivity index (χ0) is 7.84. The summed E-state index contributed by atoms with van der Waals surface area (Å²) in [6, 6.07) is 8.58. The second-order valence-corrected chi connectivity index (χ2v) is 2.68. The van der Waals surface area contributed by atoms with Crippen LogP contribution in [0.2, 0.25) is 0 Å². The SMILES string of the molecule is CN1C(=O)Cc2cc[c]cc21. The number of amides is 1. The highest BCUT2D eigenvalue weighted by atomic mass is 16.2. The van der Waals surface area contributed by atoms with Gasteiger partial charge in [-0.3, -0.25) is 4.79 Å². The van der Waals surface area contributed by atoms with Crippen molar-refractivity contribution in [2.75, 3.05) is 11.9 Å². The Labute approximate surface area is 65.4 Å². The fourth-order valence-electron chi connectivity index (χ4n) is 1.33. The molecule has 0 spiro atoms. The van der Waals surface area contributed by atoms with Crippen LogP contribution >= 0.6 is 0 Å². The van der Waals surface area contributed by atoms with Crippen molar-refractivity contribution in [2.24, 2.45) is 0 Å². The molecule has 1 amide bonds. The van der Waals surface area contributed by atoms with Gasteiger partial charge >= 0.3 is 0 Å². The molecule has 0 saturated carbocycles. The smallest absolute Gasteiger partial charge is 0.231 e. The first-order chi connectivity index (χ1) is 5.29. The lowest BCUT2D eigenvalue weighted by Gasteiger charge is -2.08. The summed E-state index contributed by atoms with van der Waals surface area (Å²) >= 11 is 0. The number of hydrogen-bond acceptors (Lipinski definition) is 1. The van der Waals surface area contributed by atoms with Crippen molar-refractivity contribution >= 4 is 11.6 Å². The zero-order valence-electron chi connectivity index (χ0n) is 6.29. The average molecular weight is 146 g/mol. The van der Waals surface area contributed by atoms with Crippen molar-refractivity contribution in [3.05, 3.63) is 29.8 Å². The molecular formula is C9H8NO. The first-order valence-corrected chi connectivity index (χ1v) is 3.54. The van der Waals surface area contributed by atoms with Gasteiger partial charge in [0.2, 0.25) is 5.91 Å². The second-order valence-electron chi connectivity index (χ2n) is 2.68. The number of anilines is 1. The molecule has 1 radical (unpaired) electrons. The molecule has 2 nitrogen and oxygen atoms in total. The highest BCUT2D eigenvalue weighted by molar-refractivity contribution is 6.00. The molecule has 0 aliphatic carbocycles. The molecule has 0 fully saturated rings. The van der Waals surface area contributed by atoms with Gasteiger partial charge in [-0.25, -0.2) is 0 Å². The van der Waals surface area contributed by atoms with E-state index in [1.165, 1.54) is 0 Å². The van der Waals surface area contributed by atoms with E-state index in [4.69, 9.17) is 0 Å². The summed E-state index contributed by atoms with van der Waals surface area (Å²) in [5, 5.41) is 0. The number of benzene rings is 1. The van der Waals surface area contributed by atoms with Gasteiger partial charge in [0.25, 0.3) is 0 Å². The van der Waals surface area contributed by atoms with Crippen LogP contribution in [-0.2, 0) is 11.2 Å². The highest BCUT2D eigenvalue weighted by Crippen LogP contribution is 2.25. The van der Waals surface area contributed by atoms with Crippen molar-refractivity contribution in [3.8, 4) is 0 Å². The molecule has 1 aliphatic heterocycles. The van der Waals surface area contributed by atoms with Crippen molar-refractivity contribution in [3.63, 3.8) is 0 Å². The lowest BCUT2D eigenvalue weighted by molar-refractivity contribution is -0.117. The lowest BCUT2D eigenvalue weighted by Crippen LogP contribution is -2.20. The predicted octanol–water partition coefficient (Wildman–Crippen LogP) is 1.01. The van der Waals surface area contributed by atoms with Crippen LogP contribution < -0.4 is 4.90 Å². The van der Waals surface area contributed by atoms with Gasteiger partial charge in [-0.2, -0.15) is 0 Å². The highest BCUT2D eigenvalue weighted by Gasteiger charge is 2.22. The van der Waals surface area contributed by atoms with E-state index in [9.17, 15) is 4.79 Å².